The molecule has 6 nitrogen and oxygen atoms in total. The molecule has 1 aromatic rings. The van der Waals surface area contributed by atoms with Crippen LogP contribution in [0.2, 0.25) is 0 Å². The number of benzene rings is 1. The third-order valence-corrected chi connectivity index (χ3v) is 4.91. The van der Waals surface area contributed by atoms with Crippen LogP contribution >= 0.6 is 0 Å². The van der Waals surface area contributed by atoms with Crippen molar-refractivity contribution >= 4 is 11.7 Å². The summed E-state index contributed by atoms with van der Waals surface area (Å²) >= 11 is 0. The molecule has 0 spiro atoms. The van der Waals surface area contributed by atoms with E-state index in [1.54, 1.807) is 13.8 Å². The number of rotatable bonds is 4. The average Bonchev–Trinajstić information content (AvgIpc) is 3.03. The molecule has 3 rings (SSSR count). The van der Waals surface area contributed by atoms with Crippen molar-refractivity contribution in [1.82, 2.24) is 0 Å². The quantitative estimate of drug-likeness (QED) is 0.837. The highest BCUT2D eigenvalue weighted by Gasteiger charge is 2.36. The zero-order valence-corrected chi connectivity index (χ0v) is 15.3. The minimum absolute atomic E-state index is 0.0405. The number of allylic oxidation sites excluding steroid dienone is 2. The van der Waals surface area contributed by atoms with E-state index in [0.717, 1.165) is 25.1 Å². The van der Waals surface area contributed by atoms with Gasteiger partial charge in [-0.05, 0) is 44.4 Å². The monoisotopic (exact) mass is 353 g/mol. The number of carbonyl (C=O) groups excluding carboxylic acids is 1. The van der Waals surface area contributed by atoms with Crippen molar-refractivity contribution < 1.29 is 14.3 Å². The van der Waals surface area contributed by atoms with Gasteiger partial charge in [0.05, 0.1) is 18.1 Å². The van der Waals surface area contributed by atoms with Gasteiger partial charge in [0.25, 0.3) is 0 Å². The summed E-state index contributed by atoms with van der Waals surface area (Å²) < 4.78 is 10.7. The Hall–Kier alpha value is -2.94. The third kappa shape index (κ3) is 2.90. The molecule has 136 valence electrons. The normalized spacial score (nSPS) is 19.2. The summed E-state index contributed by atoms with van der Waals surface area (Å²) in [6.45, 7) is 7.73. The molecule has 2 heterocycles. The maximum absolute atomic E-state index is 12.6. The largest absolute Gasteiger partial charge is 0.463 e. The molecular weight excluding hydrogens is 330 g/mol. The topological polar surface area (TPSA) is 88.6 Å². The lowest BCUT2D eigenvalue weighted by molar-refractivity contribution is -0.139. The maximum Gasteiger partial charge on any atom is 0.338 e. The summed E-state index contributed by atoms with van der Waals surface area (Å²) in [5, 5.41) is 9.63. The van der Waals surface area contributed by atoms with Gasteiger partial charge < -0.3 is 20.1 Å². The fraction of sp³-hybridized carbons (Fsp3) is 0.400. The molecule has 0 aliphatic carbocycles. The molecule has 1 aromatic carbocycles. The smallest absolute Gasteiger partial charge is 0.338 e. The molecule has 1 unspecified atom stereocenters. The number of ether oxygens (including phenoxy) is 2. The van der Waals surface area contributed by atoms with Crippen molar-refractivity contribution in [2.75, 3.05) is 24.6 Å². The van der Waals surface area contributed by atoms with E-state index in [1.165, 1.54) is 11.3 Å². The van der Waals surface area contributed by atoms with Crippen LogP contribution in [0.5, 0.6) is 0 Å². The molecule has 0 saturated carbocycles. The van der Waals surface area contributed by atoms with Crippen LogP contribution in [0.3, 0.4) is 0 Å². The number of nitrogens with zero attached hydrogens (tertiary/aromatic N) is 2. The molecule has 0 aromatic heterocycles. The molecule has 2 aliphatic heterocycles. The van der Waals surface area contributed by atoms with Crippen LogP contribution in [0.1, 0.15) is 37.8 Å². The Morgan fingerprint density at radius 1 is 1.46 bits per heavy atom. The van der Waals surface area contributed by atoms with Gasteiger partial charge in [-0.15, -0.1) is 0 Å². The Morgan fingerprint density at radius 2 is 2.23 bits per heavy atom. The summed E-state index contributed by atoms with van der Waals surface area (Å²) in [6.07, 6.45) is 0.943. The first-order valence-corrected chi connectivity index (χ1v) is 8.85. The van der Waals surface area contributed by atoms with Crippen molar-refractivity contribution in [2.45, 2.75) is 33.1 Å². The van der Waals surface area contributed by atoms with E-state index < -0.39 is 11.9 Å². The Bertz CT molecular complexity index is 848. The van der Waals surface area contributed by atoms with Crippen LogP contribution in [0.4, 0.5) is 5.69 Å². The van der Waals surface area contributed by atoms with E-state index >= 15 is 0 Å². The van der Waals surface area contributed by atoms with Gasteiger partial charge in [-0.25, -0.2) is 4.79 Å². The number of carbonyl (C=O) groups is 1. The van der Waals surface area contributed by atoms with E-state index in [0.29, 0.717) is 11.3 Å². The summed E-state index contributed by atoms with van der Waals surface area (Å²) in [4.78, 5) is 14.9. The highest BCUT2D eigenvalue weighted by atomic mass is 16.5. The molecule has 6 heteroatoms. The predicted molar refractivity (Wildman–Crippen MR) is 98.0 cm³/mol. The highest BCUT2D eigenvalue weighted by Crippen LogP contribution is 2.41. The lowest BCUT2D eigenvalue weighted by atomic mass is 9.82. The molecule has 0 fully saturated rings. The molecule has 0 amide bonds. The van der Waals surface area contributed by atoms with Gasteiger partial charge in [-0.2, -0.15) is 5.26 Å². The van der Waals surface area contributed by atoms with E-state index in [2.05, 4.69) is 30.0 Å². The Kier molecular flexibility index (Phi) is 4.90. The van der Waals surface area contributed by atoms with Crippen LogP contribution in [0.15, 0.2) is 41.0 Å². The predicted octanol–water partition coefficient (Wildman–Crippen LogP) is 2.71. The molecule has 0 saturated heterocycles. The fourth-order valence-electron chi connectivity index (χ4n) is 3.69. The van der Waals surface area contributed by atoms with Gasteiger partial charge in [0.15, 0.2) is 0 Å². The van der Waals surface area contributed by atoms with E-state index in [-0.39, 0.29) is 18.1 Å². The SMILES string of the molecule is CCOC(=O)C1=C(C)OC(N)=C(C#N)C1c1ccc2c(c1)CCN2CC. The molecule has 2 aliphatic rings. The summed E-state index contributed by atoms with van der Waals surface area (Å²) in [7, 11) is 0. The van der Waals surface area contributed by atoms with E-state index in [1.807, 2.05) is 6.07 Å². The van der Waals surface area contributed by atoms with Crippen LogP contribution in [-0.4, -0.2) is 25.7 Å². The van der Waals surface area contributed by atoms with Crippen molar-refractivity contribution in [3.05, 3.63) is 52.1 Å². The molecule has 26 heavy (non-hydrogen) atoms. The summed E-state index contributed by atoms with van der Waals surface area (Å²) in [5.41, 5.74) is 9.79. The summed E-state index contributed by atoms with van der Waals surface area (Å²) in [6, 6.07) is 8.20. The van der Waals surface area contributed by atoms with Crippen molar-refractivity contribution in [1.29, 1.82) is 5.26 Å². The number of anilines is 1. The minimum atomic E-state index is -0.575. The molecular formula is C20H23N3O3. The fourth-order valence-corrected chi connectivity index (χ4v) is 3.69. The Morgan fingerprint density at radius 3 is 2.88 bits per heavy atom. The first-order chi connectivity index (χ1) is 12.5. The van der Waals surface area contributed by atoms with E-state index in [9.17, 15) is 10.1 Å². The Labute approximate surface area is 153 Å². The first kappa shape index (κ1) is 17.9. The van der Waals surface area contributed by atoms with Gasteiger partial charge in [0.1, 0.15) is 17.4 Å². The number of fused-ring (bicyclic) bond motifs is 1. The highest BCUT2D eigenvalue weighted by molar-refractivity contribution is 5.92. The molecule has 2 N–H and O–H groups in total. The maximum atomic E-state index is 12.6. The second kappa shape index (κ2) is 7.12. The van der Waals surface area contributed by atoms with Crippen molar-refractivity contribution in [3.63, 3.8) is 0 Å². The number of nitriles is 1. The lowest BCUT2D eigenvalue weighted by Gasteiger charge is -2.27. The lowest BCUT2D eigenvalue weighted by Crippen LogP contribution is -2.25. The average molecular weight is 353 g/mol. The van der Waals surface area contributed by atoms with Crippen molar-refractivity contribution in [3.8, 4) is 6.07 Å². The van der Waals surface area contributed by atoms with Crippen molar-refractivity contribution in [2.24, 2.45) is 5.73 Å². The number of hydrogen-bond donors (Lipinski definition) is 1. The minimum Gasteiger partial charge on any atom is -0.463 e. The van der Waals surface area contributed by atoms with E-state index in [4.69, 9.17) is 15.2 Å². The number of hydrogen-bond acceptors (Lipinski definition) is 6. The second-order valence-corrected chi connectivity index (χ2v) is 6.33. The van der Waals surface area contributed by atoms with Gasteiger partial charge in [0, 0.05) is 18.8 Å². The summed E-state index contributed by atoms with van der Waals surface area (Å²) in [5.74, 6) is -0.640. The van der Waals surface area contributed by atoms with Gasteiger partial charge in [-0.3, -0.25) is 0 Å². The van der Waals surface area contributed by atoms with Crippen LogP contribution in [0.25, 0.3) is 0 Å². The van der Waals surface area contributed by atoms with Gasteiger partial charge in [0.2, 0.25) is 5.88 Å². The van der Waals surface area contributed by atoms with Gasteiger partial charge >= 0.3 is 5.97 Å². The molecule has 0 bridgehead atoms. The molecule has 1 atom stereocenters. The van der Waals surface area contributed by atoms with Gasteiger partial charge in [-0.1, -0.05) is 12.1 Å². The number of nitrogens with two attached hydrogens (primary N) is 1. The Balaban J connectivity index is 2.10. The second-order valence-electron chi connectivity index (χ2n) is 6.33. The number of esters is 1. The zero-order valence-electron chi connectivity index (χ0n) is 15.3. The third-order valence-electron chi connectivity index (χ3n) is 4.91. The molecule has 0 radical (unpaired) electrons. The van der Waals surface area contributed by atoms with Crippen LogP contribution in [0, 0.1) is 11.3 Å². The van der Waals surface area contributed by atoms with Crippen LogP contribution < -0.4 is 10.6 Å². The number of likely N-dealkylation sites (N-methyl/N-ethyl adjacent to an activating group) is 1. The zero-order chi connectivity index (χ0) is 18.8. The first-order valence-electron chi connectivity index (χ1n) is 8.85. The van der Waals surface area contributed by atoms with Crippen LogP contribution in [-0.2, 0) is 20.7 Å². The standard InChI is InChI=1S/C20H23N3O3/c1-4-23-9-8-13-10-14(6-7-16(13)23)18-15(11-21)19(22)26-12(3)17(18)20(24)25-5-2/h6-7,10,18H,4-5,8-9,22H2,1-3H3.